The normalized spacial score (nSPS) is 23.7. The summed E-state index contributed by atoms with van der Waals surface area (Å²) in [5.41, 5.74) is 1.07. The van der Waals surface area contributed by atoms with Crippen LogP contribution in [0.4, 0.5) is 18.9 Å². The number of aromatic nitrogens is 3. The Morgan fingerprint density at radius 1 is 1.13 bits per heavy atom. The second-order valence-electron chi connectivity index (χ2n) is 10.7. The van der Waals surface area contributed by atoms with Crippen LogP contribution >= 0.6 is 0 Å². The summed E-state index contributed by atoms with van der Waals surface area (Å²) in [7, 11) is 3.57. The fourth-order valence-electron chi connectivity index (χ4n) is 6.34. The first-order chi connectivity index (χ1) is 18.2. The van der Waals surface area contributed by atoms with Gasteiger partial charge in [0.2, 0.25) is 0 Å². The monoisotopic (exact) mass is 525 g/mol. The Labute approximate surface area is 219 Å². The smallest absolute Gasteiger partial charge is 0.381 e. The first-order valence-corrected chi connectivity index (χ1v) is 12.9. The number of amides is 1. The Kier molecular flexibility index (Phi) is 6.07. The van der Waals surface area contributed by atoms with Crippen LogP contribution in [0, 0.1) is 0 Å². The van der Waals surface area contributed by atoms with Crippen LogP contribution in [0.3, 0.4) is 0 Å². The molecular formula is C28H30F3N5O2. The van der Waals surface area contributed by atoms with Crippen molar-refractivity contribution in [1.82, 2.24) is 19.7 Å². The lowest BCUT2D eigenvalue weighted by molar-refractivity contribution is -0.138. The molecule has 0 unspecified atom stereocenters. The minimum absolute atomic E-state index is 0.0455. The first kappa shape index (κ1) is 25.1. The maximum atomic E-state index is 14.2. The van der Waals surface area contributed by atoms with E-state index < -0.39 is 23.1 Å². The van der Waals surface area contributed by atoms with E-state index in [0.29, 0.717) is 30.6 Å². The predicted octanol–water partition coefficient (Wildman–Crippen LogP) is 4.69. The highest BCUT2D eigenvalue weighted by atomic mass is 19.4. The molecular weight excluding hydrogens is 495 g/mol. The molecule has 3 heterocycles. The number of ether oxygens (including phenoxy) is 1. The van der Waals surface area contributed by atoms with Gasteiger partial charge in [0.15, 0.2) is 0 Å². The van der Waals surface area contributed by atoms with Crippen LogP contribution in [-0.2, 0) is 36.5 Å². The van der Waals surface area contributed by atoms with Gasteiger partial charge in [-0.2, -0.15) is 13.2 Å². The van der Waals surface area contributed by atoms with Crippen LogP contribution in [0.15, 0.2) is 42.7 Å². The molecule has 1 aromatic heterocycles. The van der Waals surface area contributed by atoms with Crippen LogP contribution in [0.1, 0.15) is 64.1 Å². The van der Waals surface area contributed by atoms with E-state index in [1.165, 1.54) is 11.0 Å². The Morgan fingerprint density at radius 2 is 1.89 bits per heavy atom. The third kappa shape index (κ3) is 4.10. The van der Waals surface area contributed by atoms with Gasteiger partial charge in [-0.05, 0) is 79.7 Å². The summed E-state index contributed by atoms with van der Waals surface area (Å²) in [5, 5.41) is 8.43. The number of rotatable bonds is 6. The number of hydrogen-bond acceptors (Lipinski definition) is 5. The van der Waals surface area contributed by atoms with Gasteiger partial charge in [-0.25, -0.2) is 0 Å². The zero-order chi connectivity index (χ0) is 26.7. The summed E-state index contributed by atoms with van der Waals surface area (Å²) in [5.74, 6) is 0.395. The number of methoxy groups -OCH3 is 1. The van der Waals surface area contributed by atoms with Crippen molar-refractivity contribution in [3.63, 3.8) is 0 Å². The average molecular weight is 526 g/mol. The van der Waals surface area contributed by atoms with Gasteiger partial charge < -0.3 is 14.2 Å². The fourth-order valence-corrected chi connectivity index (χ4v) is 6.34. The topological polar surface area (TPSA) is 63.5 Å². The average Bonchev–Trinajstić information content (AvgIpc) is 3.60. The minimum atomic E-state index is -4.54. The number of anilines is 1. The highest BCUT2D eigenvalue weighted by Gasteiger charge is 2.50. The Morgan fingerprint density at radius 3 is 2.55 bits per heavy atom. The molecule has 7 nitrogen and oxygen atoms in total. The number of carbonyl (C=O) groups is 1. The molecule has 38 heavy (non-hydrogen) atoms. The van der Waals surface area contributed by atoms with Gasteiger partial charge in [0.05, 0.1) is 23.6 Å². The van der Waals surface area contributed by atoms with Crippen LogP contribution < -0.4 is 4.90 Å². The lowest BCUT2D eigenvalue weighted by atomic mass is 9.62. The molecule has 0 N–H and O–H groups in total. The van der Waals surface area contributed by atoms with E-state index >= 15 is 0 Å². The quantitative estimate of drug-likeness (QED) is 0.468. The number of alkyl halides is 3. The largest absolute Gasteiger partial charge is 0.416 e. The molecule has 0 bridgehead atoms. The zero-order valence-electron chi connectivity index (χ0n) is 21.5. The molecule has 2 fully saturated rings. The number of hydrogen-bond donors (Lipinski definition) is 0. The minimum Gasteiger partial charge on any atom is -0.381 e. The number of halogens is 3. The van der Waals surface area contributed by atoms with Crippen molar-refractivity contribution in [1.29, 1.82) is 0 Å². The van der Waals surface area contributed by atoms with Crippen molar-refractivity contribution in [3.05, 3.63) is 76.4 Å². The summed E-state index contributed by atoms with van der Waals surface area (Å²) >= 11 is 0. The Balaban J connectivity index is 1.36. The van der Waals surface area contributed by atoms with Crippen LogP contribution in [0.25, 0.3) is 0 Å². The van der Waals surface area contributed by atoms with Crippen molar-refractivity contribution in [3.8, 4) is 0 Å². The molecule has 3 aliphatic rings. The second kappa shape index (κ2) is 9.20. The molecule has 1 amide bonds. The van der Waals surface area contributed by atoms with Crippen molar-refractivity contribution in [2.45, 2.75) is 56.5 Å². The highest BCUT2D eigenvalue weighted by molar-refractivity contribution is 6.10. The Hall–Kier alpha value is -3.24. The summed E-state index contributed by atoms with van der Waals surface area (Å²) < 4.78 is 49.9. The summed E-state index contributed by atoms with van der Waals surface area (Å²) in [4.78, 5) is 17.2. The second-order valence-corrected chi connectivity index (χ2v) is 10.7. The third-order valence-corrected chi connectivity index (χ3v) is 8.35. The molecule has 2 aliphatic heterocycles. The molecule has 1 saturated heterocycles. The van der Waals surface area contributed by atoms with Gasteiger partial charge in [0.1, 0.15) is 12.2 Å². The fraction of sp³-hybridized carbons (Fsp3) is 0.464. The summed E-state index contributed by atoms with van der Waals surface area (Å²) in [6.07, 6.45) is 0.663. The third-order valence-electron chi connectivity index (χ3n) is 8.35. The van der Waals surface area contributed by atoms with E-state index in [4.69, 9.17) is 4.74 Å². The SMILES string of the molecule is COC1CC(c2cccc(N3Cc4c(cc(CN5CCCC5)cc4C(F)(F)F)C3=O)c2)(c2nncn2C)C1. The van der Waals surface area contributed by atoms with Crippen molar-refractivity contribution >= 4 is 11.6 Å². The van der Waals surface area contributed by atoms with Crippen molar-refractivity contribution in [2.24, 2.45) is 7.05 Å². The number of nitrogens with zero attached hydrogens (tertiary/aromatic N) is 5. The molecule has 1 saturated carbocycles. The van der Waals surface area contributed by atoms with Crippen LogP contribution in [-0.4, -0.2) is 51.9 Å². The van der Waals surface area contributed by atoms with Gasteiger partial charge in [0, 0.05) is 32.0 Å². The van der Waals surface area contributed by atoms with E-state index in [-0.39, 0.29) is 23.8 Å². The summed E-state index contributed by atoms with van der Waals surface area (Å²) in [6.45, 7) is 2.03. The molecule has 10 heteroatoms. The molecule has 0 atom stereocenters. The zero-order valence-corrected chi connectivity index (χ0v) is 21.5. The van der Waals surface area contributed by atoms with Crippen molar-refractivity contribution in [2.75, 3.05) is 25.1 Å². The molecule has 200 valence electrons. The van der Waals surface area contributed by atoms with Gasteiger partial charge >= 0.3 is 6.18 Å². The number of aryl methyl sites for hydroxylation is 1. The Bertz CT molecular complexity index is 1370. The number of likely N-dealkylation sites (tertiary alicyclic amines) is 1. The lowest BCUT2D eigenvalue weighted by Crippen LogP contribution is -2.48. The standard InChI is InChI=1S/C28H30F3N5O2/c1-34-17-32-33-26(34)27(13-21(14-27)38-2)19-6-5-7-20(12-19)36-16-23-22(25(36)37)10-18(11-24(23)28(29,30)31)15-35-8-3-4-9-35/h5-7,10-12,17,21H,3-4,8-9,13-16H2,1-2H3. The van der Waals surface area contributed by atoms with E-state index in [2.05, 4.69) is 15.1 Å². The number of fused-ring (bicyclic) bond motifs is 1. The maximum Gasteiger partial charge on any atom is 0.416 e. The van der Waals surface area contributed by atoms with E-state index in [1.807, 2.05) is 29.8 Å². The van der Waals surface area contributed by atoms with Crippen LogP contribution in [0.2, 0.25) is 0 Å². The number of carbonyl (C=O) groups excluding carboxylic acids is 1. The lowest BCUT2D eigenvalue weighted by Gasteiger charge is -2.46. The molecule has 0 spiro atoms. The predicted molar refractivity (Wildman–Crippen MR) is 135 cm³/mol. The highest BCUT2D eigenvalue weighted by Crippen LogP contribution is 2.50. The van der Waals surface area contributed by atoms with Crippen molar-refractivity contribution < 1.29 is 22.7 Å². The van der Waals surface area contributed by atoms with E-state index in [0.717, 1.165) is 37.3 Å². The molecule has 1 aliphatic carbocycles. The van der Waals surface area contributed by atoms with Gasteiger partial charge in [0.25, 0.3) is 5.91 Å². The summed E-state index contributed by atoms with van der Waals surface area (Å²) in [6, 6.07) is 10.4. The first-order valence-electron chi connectivity index (χ1n) is 12.9. The number of benzene rings is 2. The molecule has 6 rings (SSSR count). The van der Waals surface area contributed by atoms with Crippen LogP contribution in [0.5, 0.6) is 0 Å². The molecule has 3 aromatic rings. The van der Waals surface area contributed by atoms with Gasteiger partial charge in [-0.3, -0.25) is 9.69 Å². The molecule has 0 radical (unpaired) electrons. The van der Waals surface area contributed by atoms with E-state index in [9.17, 15) is 18.0 Å². The van der Waals surface area contributed by atoms with E-state index in [1.54, 1.807) is 25.6 Å². The maximum absolute atomic E-state index is 14.2. The van der Waals surface area contributed by atoms with Gasteiger partial charge in [-0.15, -0.1) is 10.2 Å². The molecule has 2 aromatic carbocycles. The van der Waals surface area contributed by atoms with Gasteiger partial charge in [-0.1, -0.05) is 12.1 Å².